The Labute approximate surface area is 107 Å². The average molecular weight is 239 g/mol. The van der Waals surface area contributed by atoms with Crippen molar-refractivity contribution in [3.8, 4) is 0 Å². The molecule has 0 radical (unpaired) electrons. The van der Waals surface area contributed by atoms with Crippen molar-refractivity contribution in [2.75, 3.05) is 45.8 Å². The molecule has 1 N–H and O–H groups in total. The maximum atomic E-state index is 3.71. The molecule has 1 aliphatic heterocycles. The lowest BCUT2D eigenvalue weighted by atomic mass is 10.2. The molecule has 0 spiro atoms. The molecule has 1 saturated heterocycles. The van der Waals surface area contributed by atoms with E-state index in [2.05, 4.69) is 22.0 Å². The number of piperazine rings is 1. The van der Waals surface area contributed by atoms with Crippen LogP contribution < -0.4 is 5.32 Å². The highest BCUT2D eigenvalue weighted by atomic mass is 15.3. The SMILES string of the molecule is CCCN1CCN(CCNC2CCCC2)CC1. The smallest absolute Gasteiger partial charge is 0.0110 e. The van der Waals surface area contributed by atoms with Gasteiger partial charge >= 0.3 is 0 Å². The Hall–Kier alpha value is -0.120. The zero-order chi connectivity index (χ0) is 11.9. The Bertz CT molecular complexity index is 194. The van der Waals surface area contributed by atoms with Crippen molar-refractivity contribution >= 4 is 0 Å². The molecule has 0 aromatic rings. The van der Waals surface area contributed by atoms with E-state index in [0.717, 1.165) is 6.04 Å². The average Bonchev–Trinajstić information content (AvgIpc) is 2.85. The molecule has 100 valence electrons. The van der Waals surface area contributed by atoms with Crippen LogP contribution in [0.15, 0.2) is 0 Å². The van der Waals surface area contributed by atoms with Crippen molar-refractivity contribution in [3.05, 3.63) is 0 Å². The van der Waals surface area contributed by atoms with E-state index in [1.54, 1.807) is 0 Å². The quantitative estimate of drug-likeness (QED) is 0.758. The Balaban J connectivity index is 1.52. The summed E-state index contributed by atoms with van der Waals surface area (Å²) in [5, 5.41) is 3.71. The van der Waals surface area contributed by atoms with E-state index < -0.39 is 0 Å². The van der Waals surface area contributed by atoms with Gasteiger partial charge in [-0.15, -0.1) is 0 Å². The standard InChI is InChI=1S/C14H29N3/c1-2-8-16-10-12-17(13-11-16)9-7-15-14-5-3-4-6-14/h14-15H,2-13H2,1H3. The highest BCUT2D eigenvalue weighted by molar-refractivity contribution is 4.76. The van der Waals surface area contributed by atoms with Crippen molar-refractivity contribution in [2.24, 2.45) is 0 Å². The number of rotatable bonds is 6. The summed E-state index contributed by atoms with van der Waals surface area (Å²) >= 11 is 0. The first-order valence-corrected chi connectivity index (χ1v) is 7.56. The minimum atomic E-state index is 0.830. The lowest BCUT2D eigenvalue weighted by molar-refractivity contribution is 0.132. The van der Waals surface area contributed by atoms with Gasteiger partial charge in [0.05, 0.1) is 0 Å². The van der Waals surface area contributed by atoms with Crippen molar-refractivity contribution in [3.63, 3.8) is 0 Å². The molecule has 3 nitrogen and oxygen atoms in total. The van der Waals surface area contributed by atoms with E-state index in [0.29, 0.717) is 0 Å². The minimum absolute atomic E-state index is 0.830. The molecule has 0 amide bonds. The number of hydrogen-bond donors (Lipinski definition) is 1. The van der Waals surface area contributed by atoms with E-state index >= 15 is 0 Å². The van der Waals surface area contributed by atoms with Crippen LogP contribution >= 0.6 is 0 Å². The van der Waals surface area contributed by atoms with Gasteiger partial charge in [-0.1, -0.05) is 19.8 Å². The molecule has 1 aliphatic carbocycles. The molecule has 17 heavy (non-hydrogen) atoms. The molecule has 0 unspecified atom stereocenters. The lowest BCUT2D eigenvalue weighted by Gasteiger charge is -2.34. The van der Waals surface area contributed by atoms with Gasteiger partial charge in [0, 0.05) is 45.3 Å². The predicted molar refractivity (Wildman–Crippen MR) is 73.4 cm³/mol. The zero-order valence-electron chi connectivity index (χ0n) is 11.5. The van der Waals surface area contributed by atoms with Crippen LogP contribution in [0.3, 0.4) is 0 Å². The monoisotopic (exact) mass is 239 g/mol. The molecule has 0 atom stereocenters. The summed E-state index contributed by atoms with van der Waals surface area (Å²) in [6.07, 6.45) is 6.98. The summed E-state index contributed by atoms with van der Waals surface area (Å²) in [5.41, 5.74) is 0. The third kappa shape index (κ3) is 4.57. The molecule has 1 saturated carbocycles. The molecule has 2 rings (SSSR count). The Morgan fingerprint density at radius 2 is 1.53 bits per heavy atom. The van der Waals surface area contributed by atoms with Crippen LogP contribution in [-0.2, 0) is 0 Å². The van der Waals surface area contributed by atoms with Crippen LogP contribution in [0, 0.1) is 0 Å². The number of nitrogens with zero attached hydrogens (tertiary/aromatic N) is 2. The molecule has 0 bridgehead atoms. The second kappa shape index (κ2) is 7.34. The summed E-state index contributed by atoms with van der Waals surface area (Å²) in [6.45, 7) is 11.1. The molecular formula is C14H29N3. The van der Waals surface area contributed by atoms with Crippen molar-refractivity contribution in [2.45, 2.75) is 45.1 Å². The van der Waals surface area contributed by atoms with Crippen molar-refractivity contribution in [1.29, 1.82) is 0 Å². The second-order valence-electron chi connectivity index (χ2n) is 5.62. The summed E-state index contributed by atoms with van der Waals surface area (Å²) in [7, 11) is 0. The highest BCUT2D eigenvalue weighted by Crippen LogP contribution is 2.17. The van der Waals surface area contributed by atoms with Gasteiger partial charge in [0.15, 0.2) is 0 Å². The fourth-order valence-electron chi connectivity index (χ4n) is 3.11. The summed E-state index contributed by atoms with van der Waals surface area (Å²) in [5.74, 6) is 0. The Kier molecular flexibility index (Phi) is 5.75. The van der Waals surface area contributed by atoms with Crippen LogP contribution in [0.1, 0.15) is 39.0 Å². The van der Waals surface area contributed by atoms with E-state index in [9.17, 15) is 0 Å². The van der Waals surface area contributed by atoms with Gasteiger partial charge in [-0.2, -0.15) is 0 Å². The van der Waals surface area contributed by atoms with Gasteiger partial charge < -0.3 is 10.2 Å². The largest absolute Gasteiger partial charge is 0.313 e. The van der Waals surface area contributed by atoms with Gasteiger partial charge in [-0.05, 0) is 25.8 Å². The van der Waals surface area contributed by atoms with Gasteiger partial charge in [0.1, 0.15) is 0 Å². The molecule has 1 heterocycles. The second-order valence-corrected chi connectivity index (χ2v) is 5.62. The fourth-order valence-corrected chi connectivity index (χ4v) is 3.11. The maximum Gasteiger partial charge on any atom is 0.0110 e. The van der Waals surface area contributed by atoms with Gasteiger partial charge in [0.2, 0.25) is 0 Å². The fraction of sp³-hybridized carbons (Fsp3) is 1.00. The van der Waals surface area contributed by atoms with Gasteiger partial charge in [-0.3, -0.25) is 4.90 Å². The number of hydrogen-bond acceptors (Lipinski definition) is 3. The summed E-state index contributed by atoms with van der Waals surface area (Å²) in [4.78, 5) is 5.22. The summed E-state index contributed by atoms with van der Waals surface area (Å²) in [6, 6.07) is 0.830. The van der Waals surface area contributed by atoms with E-state index in [4.69, 9.17) is 0 Å². The molecule has 3 heteroatoms. The zero-order valence-corrected chi connectivity index (χ0v) is 11.5. The van der Waals surface area contributed by atoms with Gasteiger partial charge in [-0.25, -0.2) is 0 Å². The number of nitrogens with one attached hydrogen (secondary N) is 1. The normalized spacial score (nSPS) is 24.5. The Morgan fingerprint density at radius 3 is 2.12 bits per heavy atom. The third-order valence-corrected chi connectivity index (χ3v) is 4.22. The van der Waals surface area contributed by atoms with E-state index in [-0.39, 0.29) is 0 Å². The highest BCUT2D eigenvalue weighted by Gasteiger charge is 2.17. The van der Waals surface area contributed by atoms with Crippen molar-refractivity contribution < 1.29 is 0 Å². The van der Waals surface area contributed by atoms with Crippen LogP contribution in [0.5, 0.6) is 0 Å². The first-order chi connectivity index (χ1) is 8.38. The third-order valence-electron chi connectivity index (χ3n) is 4.22. The molecule has 2 fully saturated rings. The molecule has 2 aliphatic rings. The van der Waals surface area contributed by atoms with Crippen LogP contribution in [0.25, 0.3) is 0 Å². The van der Waals surface area contributed by atoms with E-state index in [1.165, 1.54) is 77.9 Å². The maximum absolute atomic E-state index is 3.71. The van der Waals surface area contributed by atoms with Crippen LogP contribution in [-0.4, -0.2) is 61.7 Å². The lowest BCUT2D eigenvalue weighted by Crippen LogP contribution is -2.48. The topological polar surface area (TPSA) is 18.5 Å². The Morgan fingerprint density at radius 1 is 0.941 bits per heavy atom. The first-order valence-electron chi connectivity index (χ1n) is 7.56. The summed E-state index contributed by atoms with van der Waals surface area (Å²) < 4.78 is 0. The van der Waals surface area contributed by atoms with Crippen LogP contribution in [0.4, 0.5) is 0 Å². The van der Waals surface area contributed by atoms with Crippen LogP contribution in [0.2, 0.25) is 0 Å². The van der Waals surface area contributed by atoms with Crippen molar-refractivity contribution in [1.82, 2.24) is 15.1 Å². The van der Waals surface area contributed by atoms with E-state index in [1.807, 2.05) is 0 Å². The predicted octanol–water partition coefficient (Wildman–Crippen LogP) is 1.55. The molecule has 0 aromatic heterocycles. The molecule has 0 aromatic carbocycles. The molecular weight excluding hydrogens is 210 g/mol. The van der Waals surface area contributed by atoms with Gasteiger partial charge in [0.25, 0.3) is 0 Å². The first kappa shape index (κ1) is 13.3. The minimum Gasteiger partial charge on any atom is -0.313 e.